The highest BCUT2D eigenvalue weighted by Gasteiger charge is 2.10. The normalized spacial score (nSPS) is 11.0. The molecule has 0 aliphatic heterocycles. The zero-order chi connectivity index (χ0) is 21.5. The maximum absolute atomic E-state index is 5.78. The lowest BCUT2D eigenvalue weighted by Crippen LogP contribution is -2.21. The van der Waals surface area contributed by atoms with Crippen molar-refractivity contribution in [2.24, 2.45) is 0 Å². The first-order chi connectivity index (χ1) is 15.3. The molecule has 2 aromatic heterocycles. The van der Waals surface area contributed by atoms with Crippen LogP contribution in [0.2, 0.25) is 0 Å². The van der Waals surface area contributed by atoms with Crippen LogP contribution in [0.3, 0.4) is 0 Å². The zero-order valence-corrected chi connectivity index (χ0v) is 18.0. The van der Waals surface area contributed by atoms with Crippen LogP contribution in [-0.2, 0) is 6.42 Å². The molecule has 0 saturated heterocycles. The number of nitrogens with one attached hydrogen (secondary N) is 1. The van der Waals surface area contributed by atoms with E-state index in [1.165, 1.54) is 0 Å². The number of aromatic nitrogens is 3. The van der Waals surface area contributed by atoms with Gasteiger partial charge in [0.25, 0.3) is 0 Å². The van der Waals surface area contributed by atoms with Crippen LogP contribution in [0, 0.1) is 0 Å². The summed E-state index contributed by atoms with van der Waals surface area (Å²) in [6.45, 7) is 4.71. The minimum Gasteiger partial charge on any atom is -0.497 e. The van der Waals surface area contributed by atoms with Gasteiger partial charge < -0.3 is 14.8 Å². The van der Waals surface area contributed by atoms with Gasteiger partial charge in [-0.15, -0.1) is 0 Å². The Bertz CT molecular complexity index is 1100. The van der Waals surface area contributed by atoms with Gasteiger partial charge in [-0.3, -0.25) is 0 Å². The molecule has 6 heteroatoms. The van der Waals surface area contributed by atoms with Crippen molar-refractivity contribution in [1.82, 2.24) is 19.9 Å². The van der Waals surface area contributed by atoms with Crippen LogP contribution in [0.1, 0.15) is 24.7 Å². The van der Waals surface area contributed by atoms with E-state index in [2.05, 4.69) is 30.4 Å². The molecule has 160 valence electrons. The van der Waals surface area contributed by atoms with Gasteiger partial charge >= 0.3 is 0 Å². The maximum atomic E-state index is 5.78. The molecular weight excluding hydrogens is 388 g/mol. The van der Waals surface area contributed by atoms with Crippen molar-refractivity contribution in [3.63, 3.8) is 0 Å². The van der Waals surface area contributed by atoms with E-state index in [4.69, 9.17) is 19.6 Å². The fourth-order valence-corrected chi connectivity index (χ4v) is 3.43. The predicted molar refractivity (Wildman–Crippen MR) is 123 cm³/mol. The van der Waals surface area contributed by atoms with Gasteiger partial charge in [0.05, 0.1) is 12.8 Å². The molecule has 6 nitrogen and oxygen atoms in total. The van der Waals surface area contributed by atoms with Crippen molar-refractivity contribution >= 4 is 5.65 Å². The van der Waals surface area contributed by atoms with Crippen molar-refractivity contribution in [2.45, 2.75) is 19.8 Å². The molecule has 0 atom stereocenters. The second-order valence-electron chi connectivity index (χ2n) is 7.36. The number of benzene rings is 2. The van der Waals surface area contributed by atoms with E-state index in [9.17, 15) is 0 Å². The highest BCUT2D eigenvalue weighted by molar-refractivity contribution is 5.63. The number of methoxy groups -OCH3 is 1. The summed E-state index contributed by atoms with van der Waals surface area (Å²) in [5, 5.41) is 8.10. The molecule has 4 aromatic rings. The molecular formula is C25H28N4O2. The highest BCUT2D eigenvalue weighted by atomic mass is 16.5. The molecule has 0 radical (unpaired) electrons. The average molecular weight is 417 g/mol. The summed E-state index contributed by atoms with van der Waals surface area (Å²) in [7, 11) is 1.67. The Hall–Kier alpha value is -3.38. The lowest BCUT2D eigenvalue weighted by atomic mass is 10.1. The topological polar surface area (TPSA) is 60.7 Å². The van der Waals surface area contributed by atoms with E-state index in [1.807, 2.05) is 53.0 Å². The van der Waals surface area contributed by atoms with Crippen LogP contribution < -0.4 is 14.8 Å². The first-order valence-electron chi connectivity index (χ1n) is 10.7. The molecule has 31 heavy (non-hydrogen) atoms. The van der Waals surface area contributed by atoms with Crippen LogP contribution in [-0.4, -0.2) is 41.4 Å². The Kier molecular flexibility index (Phi) is 6.79. The third kappa shape index (κ3) is 5.22. The molecule has 0 fully saturated rings. The molecule has 1 N–H and O–H groups in total. The minimum atomic E-state index is 0.668. The first kappa shape index (κ1) is 20.9. The van der Waals surface area contributed by atoms with Gasteiger partial charge in [-0.2, -0.15) is 5.10 Å². The second kappa shape index (κ2) is 10.1. The Morgan fingerprint density at radius 3 is 2.42 bits per heavy atom. The average Bonchev–Trinajstić information content (AvgIpc) is 3.22. The van der Waals surface area contributed by atoms with Crippen LogP contribution in [0.4, 0.5) is 0 Å². The van der Waals surface area contributed by atoms with E-state index in [1.54, 1.807) is 7.11 Å². The standard InChI is InChI=1S/C25H28N4O2/c1-3-15-26-16-17-31-22-11-7-19(8-12-22)18-24-27-25-6-4-5-23(29(25)28-24)20-9-13-21(30-2)14-10-20/h4-14,26H,3,15-18H2,1-2H3. The maximum Gasteiger partial charge on any atom is 0.156 e. The molecule has 0 saturated carbocycles. The summed E-state index contributed by atoms with van der Waals surface area (Å²) < 4.78 is 12.9. The second-order valence-corrected chi connectivity index (χ2v) is 7.36. The first-order valence-corrected chi connectivity index (χ1v) is 10.7. The predicted octanol–water partition coefficient (Wildman–Crippen LogP) is 4.37. The van der Waals surface area contributed by atoms with E-state index < -0.39 is 0 Å². The SMILES string of the molecule is CCCNCCOc1ccc(Cc2nc3cccc(-c4ccc(OC)cc4)n3n2)cc1. The van der Waals surface area contributed by atoms with Gasteiger partial charge in [-0.25, -0.2) is 9.50 Å². The summed E-state index contributed by atoms with van der Waals surface area (Å²) in [5.41, 5.74) is 4.05. The number of hydrogen-bond donors (Lipinski definition) is 1. The highest BCUT2D eigenvalue weighted by Crippen LogP contribution is 2.23. The zero-order valence-electron chi connectivity index (χ0n) is 18.0. The number of rotatable bonds is 10. The summed E-state index contributed by atoms with van der Waals surface area (Å²) in [6.07, 6.45) is 1.80. The molecule has 0 aliphatic rings. The van der Waals surface area contributed by atoms with Crippen LogP contribution in [0.15, 0.2) is 66.7 Å². The Morgan fingerprint density at radius 2 is 1.68 bits per heavy atom. The minimum absolute atomic E-state index is 0.668. The Labute approximate surface area is 182 Å². The van der Waals surface area contributed by atoms with Gasteiger partial charge in [-0.1, -0.05) is 25.1 Å². The number of fused-ring (bicyclic) bond motifs is 1. The molecule has 0 bridgehead atoms. The van der Waals surface area contributed by atoms with Crippen LogP contribution >= 0.6 is 0 Å². The van der Waals surface area contributed by atoms with Crippen molar-refractivity contribution < 1.29 is 9.47 Å². The third-order valence-electron chi connectivity index (χ3n) is 5.05. The molecule has 0 spiro atoms. The summed E-state index contributed by atoms with van der Waals surface area (Å²) in [4.78, 5) is 4.72. The largest absolute Gasteiger partial charge is 0.497 e. The number of nitrogens with zero attached hydrogens (tertiary/aromatic N) is 3. The summed E-state index contributed by atoms with van der Waals surface area (Å²) >= 11 is 0. The molecule has 0 amide bonds. The lowest BCUT2D eigenvalue weighted by Gasteiger charge is -2.07. The van der Waals surface area contributed by atoms with Crippen molar-refractivity contribution in [3.8, 4) is 22.8 Å². The Balaban J connectivity index is 1.45. The third-order valence-corrected chi connectivity index (χ3v) is 5.05. The molecule has 4 rings (SSSR count). The fourth-order valence-electron chi connectivity index (χ4n) is 3.43. The molecule has 2 aromatic carbocycles. The van der Waals surface area contributed by atoms with Crippen LogP contribution in [0.25, 0.3) is 16.9 Å². The summed E-state index contributed by atoms with van der Waals surface area (Å²) in [5.74, 6) is 2.50. The number of pyridine rings is 1. The van der Waals surface area contributed by atoms with Crippen molar-refractivity contribution in [2.75, 3.05) is 26.8 Å². The quantitative estimate of drug-likeness (QED) is 0.389. The fraction of sp³-hybridized carbons (Fsp3) is 0.280. The molecule has 0 unspecified atom stereocenters. The molecule has 2 heterocycles. The van der Waals surface area contributed by atoms with Crippen molar-refractivity contribution in [3.05, 3.63) is 78.1 Å². The van der Waals surface area contributed by atoms with Gasteiger partial charge in [0.1, 0.15) is 18.1 Å². The van der Waals surface area contributed by atoms with E-state index in [0.717, 1.165) is 59.3 Å². The van der Waals surface area contributed by atoms with Crippen molar-refractivity contribution in [1.29, 1.82) is 0 Å². The van der Waals surface area contributed by atoms with E-state index >= 15 is 0 Å². The lowest BCUT2D eigenvalue weighted by molar-refractivity contribution is 0.314. The van der Waals surface area contributed by atoms with Gasteiger partial charge in [0.15, 0.2) is 11.5 Å². The number of hydrogen-bond acceptors (Lipinski definition) is 5. The summed E-state index contributed by atoms with van der Waals surface area (Å²) in [6, 6.07) is 22.2. The number of ether oxygens (including phenoxy) is 2. The van der Waals surface area contributed by atoms with Crippen LogP contribution in [0.5, 0.6) is 11.5 Å². The van der Waals surface area contributed by atoms with Gasteiger partial charge in [-0.05, 0) is 67.1 Å². The van der Waals surface area contributed by atoms with E-state index in [0.29, 0.717) is 13.0 Å². The Morgan fingerprint density at radius 1 is 0.903 bits per heavy atom. The smallest absolute Gasteiger partial charge is 0.156 e. The molecule has 0 aliphatic carbocycles. The van der Waals surface area contributed by atoms with E-state index in [-0.39, 0.29) is 0 Å². The van der Waals surface area contributed by atoms with Gasteiger partial charge in [0.2, 0.25) is 0 Å². The monoisotopic (exact) mass is 416 g/mol. The van der Waals surface area contributed by atoms with Gasteiger partial charge in [0, 0.05) is 18.5 Å².